The Hall–Kier alpha value is -3.12. The summed E-state index contributed by atoms with van der Waals surface area (Å²) in [6.45, 7) is 8.68. The molecule has 2 aromatic rings. The van der Waals surface area contributed by atoms with E-state index < -0.39 is 47.6 Å². The highest BCUT2D eigenvalue weighted by Gasteiger charge is 2.52. The molecule has 3 aliphatic rings. The Kier molecular flexibility index (Phi) is 6.67. The SMILES string of the molecule is CC1(C)OB(c2ccc(N3CCN(c4ncc(C5CCC(=O)NC5=O)cc4F)CC3)c(F)c2F)OC1(C)C. The number of anilines is 2. The summed E-state index contributed by atoms with van der Waals surface area (Å²) in [4.78, 5) is 31.2. The van der Waals surface area contributed by atoms with E-state index in [4.69, 9.17) is 9.31 Å². The molecule has 0 aliphatic carbocycles. The summed E-state index contributed by atoms with van der Waals surface area (Å²) in [6.07, 6.45) is 1.95. The van der Waals surface area contributed by atoms with Crippen LogP contribution >= 0.6 is 0 Å². The number of carbonyl (C=O) groups is 2. The van der Waals surface area contributed by atoms with Crippen LogP contribution < -0.4 is 20.6 Å². The average molecular weight is 530 g/mol. The number of benzene rings is 1. The second-order valence-electron chi connectivity index (χ2n) is 10.9. The van der Waals surface area contributed by atoms with Gasteiger partial charge in [0, 0.05) is 44.3 Å². The minimum Gasteiger partial charge on any atom is -0.399 e. The Bertz CT molecular complexity index is 1270. The van der Waals surface area contributed by atoms with Crippen LogP contribution in [0.3, 0.4) is 0 Å². The van der Waals surface area contributed by atoms with E-state index in [1.807, 2.05) is 27.7 Å². The van der Waals surface area contributed by atoms with Gasteiger partial charge in [-0.25, -0.2) is 18.2 Å². The number of imide groups is 1. The van der Waals surface area contributed by atoms with Crippen molar-refractivity contribution in [2.45, 2.75) is 57.7 Å². The number of piperidine rings is 1. The molecule has 1 N–H and O–H groups in total. The first-order valence-corrected chi connectivity index (χ1v) is 12.7. The van der Waals surface area contributed by atoms with E-state index in [9.17, 15) is 14.0 Å². The Morgan fingerprint density at radius 1 is 0.974 bits per heavy atom. The van der Waals surface area contributed by atoms with E-state index in [0.717, 1.165) is 0 Å². The maximum Gasteiger partial charge on any atom is 0.497 e. The van der Waals surface area contributed by atoms with Crippen molar-refractivity contribution in [1.29, 1.82) is 0 Å². The second kappa shape index (κ2) is 9.57. The van der Waals surface area contributed by atoms with Gasteiger partial charge in [0.15, 0.2) is 23.3 Å². The quantitative estimate of drug-likeness (QED) is 0.481. The molecule has 3 fully saturated rings. The van der Waals surface area contributed by atoms with Crippen molar-refractivity contribution in [3.05, 3.63) is 47.4 Å². The van der Waals surface area contributed by atoms with E-state index in [1.54, 1.807) is 9.80 Å². The molecule has 0 spiro atoms. The molecule has 0 saturated carbocycles. The predicted octanol–water partition coefficient (Wildman–Crippen LogP) is 2.64. The third-order valence-electron chi connectivity index (χ3n) is 8.00. The smallest absolute Gasteiger partial charge is 0.399 e. The molecule has 1 aromatic carbocycles. The van der Waals surface area contributed by atoms with Crippen molar-refractivity contribution in [2.75, 3.05) is 36.0 Å². The summed E-state index contributed by atoms with van der Waals surface area (Å²) < 4.78 is 57.0. The third kappa shape index (κ3) is 4.64. The molecule has 1 aromatic heterocycles. The fraction of sp³-hybridized carbons (Fsp3) is 0.500. The van der Waals surface area contributed by atoms with Crippen LogP contribution in [0, 0.1) is 17.5 Å². The number of carbonyl (C=O) groups excluding carboxylic acids is 2. The molecular weight excluding hydrogens is 500 g/mol. The highest BCUT2D eigenvalue weighted by Crippen LogP contribution is 2.37. The number of nitrogens with zero attached hydrogens (tertiary/aromatic N) is 3. The first-order chi connectivity index (χ1) is 17.9. The van der Waals surface area contributed by atoms with E-state index in [2.05, 4.69) is 10.3 Å². The van der Waals surface area contributed by atoms with Crippen LogP contribution in [-0.4, -0.2) is 61.3 Å². The lowest BCUT2D eigenvalue weighted by Crippen LogP contribution is -2.48. The van der Waals surface area contributed by atoms with E-state index in [-0.39, 0.29) is 29.3 Å². The number of piperazine rings is 1. The average Bonchev–Trinajstić information content (AvgIpc) is 3.07. The molecule has 0 bridgehead atoms. The van der Waals surface area contributed by atoms with Gasteiger partial charge in [0.05, 0.1) is 22.8 Å². The highest BCUT2D eigenvalue weighted by molar-refractivity contribution is 6.62. The Balaban J connectivity index is 1.26. The van der Waals surface area contributed by atoms with Crippen LogP contribution in [0.5, 0.6) is 0 Å². The Labute approximate surface area is 219 Å². The van der Waals surface area contributed by atoms with Crippen molar-refractivity contribution < 1.29 is 32.1 Å². The number of nitrogens with one attached hydrogen (secondary N) is 1. The van der Waals surface area contributed by atoms with Crippen molar-refractivity contribution in [1.82, 2.24) is 10.3 Å². The summed E-state index contributed by atoms with van der Waals surface area (Å²) in [5.41, 5.74) is -0.831. The van der Waals surface area contributed by atoms with Crippen LogP contribution in [0.25, 0.3) is 0 Å². The molecule has 202 valence electrons. The van der Waals surface area contributed by atoms with Gasteiger partial charge < -0.3 is 19.1 Å². The van der Waals surface area contributed by atoms with Crippen LogP contribution in [0.2, 0.25) is 0 Å². The normalized spacial score (nSPS) is 23.1. The fourth-order valence-corrected chi connectivity index (χ4v) is 4.99. The van der Waals surface area contributed by atoms with Gasteiger partial charge in [-0.1, -0.05) is 6.07 Å². The number of hydrogen-bond acceptors (Lipinski definition) is 7. The molecule has 3 aliphatic heterocycles. The Morgan fingerprint density at radius 3 is 2.21 bits per heavy atom. The van der Waals surface area contributed by atoms with Crippen molar-refractivity contribution in [3.63, 3.8) is 0 Å². The predicted molar refractivity (Wildman–Crippen MR) is 136 cm³/mol. The largest absolute Gasteiger partial charge is 0.497 e. The number of hydrogen-bond donors (Lipinski definition) is 1. The molecule has 4 heterocycles. The fourth-order valence-electron chi connectivity index (χ4n) is 4.99. The van der Waals surface area contributed by atoms with E-state index in [1.165, 1.54) is 24.4 Å². The first-order valence-electron chi connectivity index (χ1n) is 12.7. The third-order valence-corrected chi connectivity index (χ3v) is 8.00. The zero-order chi connectivity index (χ0) is 27.4. The van der Waals surface area contributed by atoms with Crippen molar-refractivity contribution in [3.8, 4) is 0 Å². The zero-order valence-corrected chi connectivity index (χ0v) is 21.8. The number of halogens is 3. The van der Waals surface area contributed by atoms with E-state index >= 15 is 8.78 Å². The topological polar surface area (TPSA) is 84.0 Å². The monoisotopic (exact) mass is 530 g/mol. The molecule has 0 radical (unpaired) electrons. The first kappa shape index (κ1) is 26.5. The molecule has 2 amide bonds. The number of rotatable bonds is 4. The minimum atomic E-state index is -1.02. The van der Waals surface area contributed by atoms with Crippen LogP contribution in [0.4, 0.5) is 24.7 Å². The van der Waals surface area contributed by atoms with Gasteiger partial charge in [-0.15, -0.1) is 0 Å². The maximum absolute atomic E-state index is 15.2. The lowest BCUT2D eigenvalue weighted by atomic mass is 9.78. The lowest BCUT2D eigenvalue weighted by Gasteiger charge is -2.37. The minimum absolute atomic E-state index is 0.00547. The highest BCUT2D eigenvalue weighted by atomic mass is 19.2. The van der Waals surface area contributed by atoms with Gasteiger partial charge >= 0.3 is 7.12 Å². The molecule has 38 heavy (non-hydrogen) atoms. The molecule has 1 atom stereocenters. The summed E-state index contributed by atoms with van der Waals surface area (Å²) in [7, 11) is -1.02. The number of amides is 2. The van der Waals surface area contributed by atoms with Gasteiger partial charge in [0.1, 0.15) is 0 Å². The molecule has 8 nitrogen and oxygen atoms in total. The van der Waals surface area contributed by atoms with Crippen LogP contribution in [0.15, 0.2) is 24.4 Å². The summed E-state index contributed by atoms with van der Waals surface area (Å²) in [5, 5.41) is 2.27. The van der Waals surface area contributed by atoms with Crippen molar-refractivity contribution >= 4 is 35.9 Å². The summed E-state index contributed by atoms with van der Waals surface area (Å²) in [6, 6.07) is 4.28. The van der Waals surface area contributed by atoms with Gasteiger partial charge in [-0.3, -0.25) is 14.9 Å². The molecule has 1 unspecified atom stereocenters. The number of aromatic nitrogens is 1. The zero-order valence-electron chi connectivity index (χ0n) is 21.8. The van der Waals surface area contributed by atoms with Gasteiger partial charge in [0.2, 0.25) is 11.8 Å². The van der Waals surface area contributed by atoms with Gasteiger partial charge in [-0.05, 0) is 51.8 Å². The van der Waals surface area contributed by atoms with Gasteiger partial charge in [0.25, 0.3) is 0 Å². The van der Waals surface area contributed by atoms with Crippen LogP contribution in [-0.2, 0) is 18.9 Å². The molecule has 5 rings (SSSR count). The Morgan fingerprint density at radius 2 is 1.61 bits per heavy atom. The molecule has 12 heteroatoms. The summed E-state index contributed by atoms with van der Waals surface area (Å²) >= 11 is 0. The van der Waals surface area contributed by atoms with Crippen molar-refractivity contribution in [2.24, 2.45) is 0 Å². The number of pyridine rings is 1. The molecule has 3 saturated heterocycles. The summed E-state index contributed by atoms with van der Waals surface area (Å²) in [5.74, 6) is -3.87. The standard InChI is InChI=1S/C26H30BF3N4O4/c1-25(2)26(3,4)38-27(37-25)17-6-7-19(22(30)21(17)29)33-9-11-34(12-10-33)23-18(28)13-15(14-31-23)16-5-8-20(35)32-24(16)36/h6-7,13-14,16H,5,8-12H2,1-4H3,(H,32,35,36). The lowest BCUT2D eigenvalue weighted by molar-refractivity contribution is -0.134. The van der Waals surface area contributed by atoms with Crippen LogP contribution in [0.1, 0.15) is 52.0 Å². The second-order valence-corrected chi connectivity index (χ2v) is 10.9. The maximum atomic E-state index is 15.2. The van der Waals surface area contributed by atoms with Gasteiger partial charge in [-0.2, -0.15) is 0 Å². The van der Waals surface area contributed by atoms with E-state index in [0.29, 0.717) is 38.2 Å². The molecular formula is C26H30BF3N4O4.